The summed E-state index contributed by atoms with van der Waals surface area (Å²) in [6.45, 7) is 5.34. The van der Waals surface area contributed by atoms with Crippen LogP contribution in [0.2, 0.25) is 0 Å². The number of benzene rings is 1. The Hall–Kier alpha value is -2.21. The monoisotopic (exact) mass is 304 g/mol. The number of thiazole rings is 1. The van der Waals surface area contributed by atoms with Gasteiger partial charge in [0.05, 0.1) is 11.1 Å². The highest BCUT2D eigenvalue weighted by atomic mass is 32.1. The summed E-state index contributed by atoms with van der Waals surface area (Å²) in [5, 5.41) is 4.90. The summed E-state index contributed by atoms with van der Waals surface area (Å²) in [5.41, 5.74) is -0.112. The molecule has 0 aliphatic carbocycles. The van der Waals surface area contributed by atoms with Crippen LogP contribution in [0.5, 0.6) is 0 Å². The SMILES string of the molecule is CC(C)(C)OC(=O)c1ccccc1C(=O)Nc1nccs1. The lowest BCUT2D eigenvalue weighted by Gasteiger charge is -2.20. The molecule has 21 heavy (non-hydrogen) atoms. The van der Waals surface area contributed by atoms with Gasteiger partial charge in [0.15, 0.2) is 5.13 Å². The Kier molecular flexibility index (Phi) is 4.37. The number of hydrogen-bond donors (Lipinski definition) is 1. The number of nitrogens with one attached hydrogen (secondary N) is 1. The van der Waals surface area contributed by atoms with E-state index in [4.69, 9.17) is 4.74 Å². The summed E-state index contributed by atoms with van der Waals surface area (Å²) in [6.07, 6.45) is 1.60. The quantitative estimate of drug-likeness (QED) is 0.883. The van der Waals surface area contributed by atoms with Crippen molar-refractivity contribution in [3.8, 4) is 0 Å². The first-order valence-corrected chi connectivity index (χ1v) is 7.28. The maximum atomic E-state index is 12.3. The first-order chi connectivity index (χ1) is 9.87. The van der Waals surface area contributed by atoms with E-state index in [0.29, 0.717) is 5.13 Å². The highest BCUT2D eigenvalue weighted by Crippen LogP contribution is 2.18. The Labute approximate surface area is 127 Å². The van der Waals surface area contributed by atoms with Crippen molar-refractivity contribution in [3.63, 3.8) is 0 Å². The maximum Gasteiger partial charge on any atom is 0.339 e. The Morgan fingerprint density at radius 1 is 1.19 bits per heavy atom. The molecule has 1 aromatic heterocycles. The molecule has 1 amide bonds. The molecule has 0 saturated carbocycles. The molecule has 1 aromatic carbocycles. The van der Waals surface area contributed by atoms with Crippen molar-refractivity contribution in [3.05, 3.63) is 47.0 Å². The summed E-state index contributed by atoms with van der Waals surface area (Å²) in [6, 6.07) is 6.55. The molecule has 1 N–H and O–H groups in total. The number of aromatic nitrogens is 1. The van der Waals surface area contributed by atoms with E-state index in [0.717, 1.165) is 0 Å². The van der Waals surface area contributed by atoms with Crippen molar-refractivity contribution < 1.29 is 14.3 Å². The second-order valence-corrected chi connectivity index (χ2v) is 6.23. The number of amides is 1. The molecule has 0 atom stereocenters. The average Bonchev–Trinajstić information content (AvgIpc) is 2.89. The number of nitrogens with zero attached hydrogens (tertiary/aromatic N) is 1. The number of esters is 1. The summed E-state index contributed by atoms with van der Waals surface area (Å²) in [5.74, 6) is -0.904. The highest BCUT2D eigenvalue weighted by molar-refractivity contribution is 7.13. The molecule has 0 radical (unpaired) electrons. The predicted octanol–water partition coefficient (Wildman–Crippen LogP) is 3.35. The lowest BCUT2D eigenvalue weighted by molar-refractivity contribution is 0.00679. The number of rotatable bonds is 3. The molecule has 0 aliphatic heterocycles. The van der Waals surface area contributed by atoms with Crippen molar-refractivity contribution in [2.45, 2.75) is 26.4 Å². The van der Waals surface area contributed by atoms with Gasteiger partial charge in [0.25, 0.3) is 5.91 Å². The minimum atomic E-state index is -0.615. The minimum absolute atomic E-state index is 0.237. The third-order valence-corrected chi connectivity index (χ3v) is 3.13. The molecule has 0 saturated heterocycles. The molecule has 1 heterocycles. The van der Waals surface area contributed by atoms with Crippen LogP contribution in [-0.2, 0) is 4.74 Å². The van der Waals surface area contributed by atoms with Crippen LogP contribution in [-0.4, -0.2) is 22.5 Å². The lowest BCUT2D eigenvalue weighted by atomic mass is 10.1. The average molecular weight is 304 g/mol. The summed E-state index contributed by atoms with van der Waals surface area (Å²) >= 11 is 1.31. The Bertz CT molecular complexity index is 645. The van der Waals surface area contributed by atoms with Crippen LogP contribution in [0, 0.1) is 0 Å². The Balaban J connectivity index is 2.24. The van der Waals surface area contributed by atoms with E-state index in [1.165, 1.54) is 11.3 Å². The van der Waals surface area contributed by atoms with Gasteiger partial charge in [-0.05, 0) is 32.9 Å². The first kappa shape index (κ1) is 15.2. The van der Waals surface area contributed by atoms with Gasteiger partial charge in [0.2, 0.25) is 0 Å². The molecular formula is C15H16N2O3S. The number of carbonyl (C=O) groups excluding carboxylic acids is 2. The minimum Gasteiger partial charge on any atom is -0.456 e. The zero-order chi connectivity index (χ0) is 15.5. The van der Waals surface area contributed by atoms with Gasteiger partial charge in [-0.3, -0.25) is 10.1 Å². The molecular weight excluding hydrogens is 288 g/mol. The third-order valence-electron chi connectivity index (χ3n) is 2.44. The van der Waals surface area contributed by atoms with E-state index in [9.17, 15) is 9.59 Å². The first-order valence-electron chi connectivity index (χ1n) is 6.40. The predicted molar refractivity (Wildman–Crippen MR) is 81.7 cm³/mol. The molecule has 110 valence electrons. The van der Waals surface area contributed by atoms with E-state index in [1.54, 1.807) is 56.6 Å². The Morgan fingerprint density at radius 2 is 1.86 bits per heavy atom. The van der Waals surface area contributed by atoms with Crippen LogP contribution in [0.15, 0.2) is 35.8 Å². The fourth-order valence-corrected chi connectivity index (χ4v) is 2.17. The zero-order valence-electron chi connectivity index (χ0n) is 12.0. The number of anilines is 1. The second-order valence-electron chi connectivity index (χ2n) is 5.34. The van der Waals surface area contributed by atoms with Gasteiger partial charge < -0.3 is 4.74 Å². The second kappa shape index (κ2) is 6.05. The van der Waals surface area contributed by atoms with Crippen LogP contribution >= 0.6 is 11.3 Å². The fourth-order valence-electron chi connectivity index (χ4n) is 1.64. The normalized spacial score (nSPS) is 11.0. The zero-order valence-corrected chi connectivity index (χ0v) is 12.9. The molecule has 6 heteroatoms. The van der Waals surface area contributed by atoms with Crippen molar-refractivity contribution in [1.82, 2.24) is 4.98 Å². The molecule has 0 spiro atoms. The highest BCUT2D eigenvalue weighted by Gasteiger charge is 2.22. The van der Waals surface area contributed by atoms with Crippen LogP contribution < -0.4 is 5.32 Å². The third kappa shape index (κ3) is 4.13. The van der Waals surface area contributed by atoms with E-state index >= 15 is 0 Å². The fraction of sp³-hybridized carbons (Fsp3) is 0.267. The number of hydrogen-bond acceptors (Lipinski definition) is 5. The summed E-state index contributed by atoms with van der Waals surface area (Å²) in [4.78, 5) is 28.4. The lowest BCUT2D eigenvalue weighted by Crippen LogP contribution is -2.26. The van der Waals surface area contributed by atoms with Gasteiger partial charge in [-0.2, -0.15) is 0 Å². The van der Waals surface area contributed by atoms with Gasteiger partial charge in [0.1, 0.15) is 5.60 Å². The summed E-state index contributed by atoms with van der Waals surface area (Å²) < 4.78 is 5.32. The molecule has 0 aliphatic rings. The van der Waals surface area contributed by atoms with Crippen molar-refractivity contribution in [1.29, 1.82) is 0 Å². The summed E-state index contributed by atoms with van der Waals surface area (Å²) in [7, 11) is 0. The largest absolute Gasteiger partial charge is 0.456 e. The molecule has 5 nitrogen and oxygen atoms in total. The van der Waals surface area contributed by atoms with E-state index in [1.807, 2.05) is 0 Å². The molecule has 0 fully saturated rings. The van der Waals surface area contributed by atoms with Crippen LogP contribution in [0.1, 0.15) is 41.5 Å². The topological polar surface area (TPSA) is 68.3 Å². The van der Waals surface area contributed by atoms with Gasteiger partial charge in [-0.25, -0.2) is 9.78 Å². The molecule has 0 bridgehead atoms. The van der Waals surface area contributed by atoms with Gasteiger partial charge in [0, 0.05) is 11.6 Å². The smallest absolute Gasteiger partial charge is 0.339 e. The molecule has 2 aromatic rings. The maximum absolute atomic E-state index is 12.3. The van der Waals surface area contributed by atoms with Crippen LogP contribution in [0.4, 0.5) is 5.13 Å². The van der Waals surface area contributed by atoms with E-state index in [-0.39, 0.29) is 17.0 Å². The number of carbonyl (C=O) groups is 2. The van der Waals surface area contributed by atoms with Crippen molar-refractivity contribution in [2.24, 2.45) is 0 Å². The van der Waals surface area contributed by atoms with Crippen LogP contribution in [0.3, 0.4) is 0 Å². The van der Waals surface area contributed by atoms with Crippen LogP contribution in [0.25, 0.3) is 0 Å². The molecule has 2 rings (SSSR count). The standard InChI is InChI=1S/C15H16N2O3S/c1-15(2,3)20-13(19)11-7-5-4-6-10(11)12(18)17-14-16-8-9-21-14/h4-9H,1-3H3,(H,16,17,18). The van der Waals surface area contributed by atoms with E-state index < -0.39 is 11.6 Å². The van der Waals surface area contributed by atoms with E-state index in [2.05, 4.69) is 10.3 Å². The van der Waals surface area contributed by atoms with Gasteiger partial charge in [-0.15, -0.1) is 11.3 Å². The molecule has 0 unspecified atom stereocenters. The van der Waals surface area contributed by atoms with Gasteiger partial charge >= 0.3 is 5.97 Å². The van der Waals surface area contributed by atoms with Crippen molar-refractivity contribution >= 4 is 28.3 Å². The Morgan fingerprint density at radius 3 is 2.43 bits per heavy atom. The number of ether oxygens (including phenoxy) is 1. The van der Waals surface area contributed by atoms with Crippen molar-refractivity contribution in [2.75, 3.05) is 5.32 Å². The van der Waals surface area contributed by atoms with Gasteiger partial charge in [-0.1, -0.05) is 12.1 Å².